The van der Waals surface area contributed by atoms with E-state index >= 15 is 0 Å². The average molecular weight is 236 g/mol. The van der Waals surface area contributed by atoms with E-state index in [1.807, 2.05) is 6.07 Å². The number of alkyl halides is 1. The molecule has 1 heterocycles. The standard InChI is InChI=1S/C12H10ClNO2/c13-11(10-7-4-8-16-10)14-12(15)9-5-2-1-3-6-9/h1-8,11H,(H,14,15). The van der Waals surface area contributed by atoms with E-state index in [0.29, 0.717) is 11.3 Å². The molecule has 0 aliphatic carbocycles. The van der Waals surface area contributed by atoms with Gasteiger partial charge in [-0.05, 0) is 24.3 Å². The summed E-state index contributed by atoms with van der Waals surface area (Å²) in [5.41, 5.74) is -0.0811. The van der Waals surface area contributed by atoms with Crippen LogP contribution in [0.5, 0.6) is 0 Å². The van der Waals surface area contributed by atoms with Crippen LogP contribution in [0.3, 0.4) is 0 Å². The highest BCUT2D eigenvalue weighted by Crippen LogP contribution is 2.17. The van der Waals surface area contributed by atoms with Gasteiger partial charge in [0.05, 0.1) is 6.26 Å². The zero-order chi connectivity index (χ0) is 11.4. The molecule has 1 aromatic carbocycles. The van der Waals surface area contributed by atoms with Crippen LogP contribution in [0.4, 0.5) is 0 Å². The summed E-state index contributed by atoms with van der Waals surface area (Å²) in [4.78, 5) is 11.7. The molecule has 0 spiro atoms. The van der Waals surface area contributed by atoms with Crippen molar-refractivity contribution < 1.29 is 9.21 Å². The molecule has 2 rings (SSSR count). The number of carbonyl (C=O) groups excluding carboxylic acids is 1. The summed E-state index contributed by atoms with van der Waals surface area (Å²) in [6, 6.07) is 12.3. The highest BCUT2D eigenvalue weighted by molar-refractivity contribution is 6.21. The molecular weight excluding hydrogens is 226 g/mol. The SMILES string of the molecule is O=C(NC(Cl)c1ccco1)c1ccccc1. The first kappa shape index (κ1) is 10.8. The summed E-state index contributed by atoms with van der Waals surface area (Å²) in [5.74, 6) is 0.294. The number of amides is 1. The molecule has 16 heavy (non-hydrogen) atoms. The highest BCUT2D eigenvalue weighted by Gasteiger charge is 2.14. The number of halogens is 1. The third-order valence-corrected chi connectivity index (χ3v) is 2.41. The Morgan fingerprint density at radius 1 is 1.19 bits per heavy atom. The Bertz CT molecular complexity index is 453. The predicted molar refractivity (Wildman–Crippen MR) is 61.2 cm³/mol. The van der Waals surface area contributed by atoms with Crippen LogP contribution in [0, 0.1) is 0 Å². The van der Waals surface area contributed by atoms with Crippen molar-refractivity contribution in [3.8, 4) is 0 Å². The first-order chi connectivity index (χ1) is 7.77. The van der Waals surface area contributed by atoms with Crippen LogP contribution in [0.1, 0.15) is 21.6 Å². The van der Waals surface area contributed by atoms with Gasteiger partial charge in [0.1, 0.15) is 5.76 Å². The zero-order valence-corrected chi connectivity index (χ0v) is 9.15. The summed E-state index contributed by atoms with van der Waals surface area (Å²) >= 11 is 5.97. The van der Waals surface area contributed by atoms with Crippen molar-refractivity contribution in [1.29, 1.82) is 0 Å². The fraction of sp³-hybridized carbons (Fsp3) is 0.0833. The summed E-state index contributed by atoms with van der Waals surface area (Å²) in [7, 11) is 0. The zero-order valence-electron chi connectivity index (χ0n) is 8.39. The molecule has 1 aromatic heterocycles. The molecule has 0 aliphatic rings. The van der Waals surface area contributed by atoms with Crippen molar-refractivity contribution in [3.05, 3.63) is 60.1 Å². The predicted octanol–water partition coefficient (Wildman–Crippen LogP) is 2.95. The van der Waals surface area contributed by atoms with Crippen LogP contribution >= 0.6 is 11.6 Å². The number of hydrogen-bond acceptors (Lipinski definition) is 2. The minimum atomic E-state index is -0.650. The van der Waals surface area contributed by atoms with Gasteiger partial charge >= 0.3 is 0 Å². The van der Waals surface area contributed by atoms with E-state index in [1.54, 1.807) is 36.4 Å². The number of benzene rings is 1. The largest absolute Gasteiger partial charge is 0.466 e. The fourth-order valence-electron chi connectivity index (χ4n) is 1.29. The van der Waals surface area contributed by atoms with Gasteiger partial charge in [-0.15, -0.1) is 0 Å². The third kappa shape index (κ3) is 2.44. The quantitative estimate of drug-likeness (QED) is 0.657. The second-order valence-electron chi connectivity index (χ2n) is 3.22. The normalized spacial score (nSPS) is 12.1. The maximum atomic E-state index is 11.7. The average Bonchev–Trinajstić information content (AvgIpc) is 2.83. The maximum Gasteiger partial charge on any atom is 0.252 e. The van der Waals surface area contributed by atoms with Gasteiger partial charge in [0, 0.05) is 5.56 Å². The van der Waals surface area contributed by atoms with Gasteiger partial charge in [0.2, 0.25) is 0 Å². The molecule has 82 valence electrons. The molecule has 2 aromatic rings. The lowest BCUT2D eigenvalue weighted by molar-refractivity contribution is 0.0945. The second-order valence-corrected chi connectivity index (χ2v) is 3.65. The van der Waals surface area contributed by atoms with Crippen molar-refractivity contribution in [3.63, 3.8) is 0 Å². The van der Waals surface area contributed by atoms with Crippen LogP contribution < -0.4 is 5.32 Å². The van der Waals surface area contributed by atoms with Gasteiger partial charge < -0.3 is 9.73 Å². The topological polar surface area (TPSA) is 42.2 Å². The minimum Gasteiger partial charge on any atom is -0.466 e. The van der Waals surface area contributed by atoms with Crippen molar-refractivity contribution in [2.45, 2.75) is 5.50 Å². The molecule has 0 bridgehead atoms. The third-order valence-electron chi connectivity index (χ3n) is 2.09. The smallest absolute Gasteiger partial charge is 0.252 e. The molecule has 0 fully saturated rings. The van der Waals surface area contributed by atoms with E-state index in [-0.39, 0.29) is 5.91 Å². The lowest BCUT2D eigenvalue weighted by Gasteiger charge is -2.09. The van der Waals surface area contributed by atoms with Crippen LogP contribution in [-0.4, -0.2) is 5.91 Å². The second kappa shape index (κ2) is 4.86. The van der Waals surface area contributed by atoms with E-state index < -0.39 is 5.50 Å². The summed E-state index contributed by atoms with van der Waals surface area (Å²) in [6.07, 6.45) is 1.51. The summed E-state index contributed by atoms with van der Waals surface area (Å²) in [6.45, 7) is 0. The Labute approximate surface area is 98.0 Å². The van der Waals surface area contributed by atoms with Crippen LogP contribution in [0.25, 0.3) is 0 Å². The monoisotopic (exact) mass is 235 g/mol. The molecule has 1 N–H and O–H groups in total. The van der Waals surface area contributed by atoms with Crippen LogP contribution in [0.15, 0.2) is 53.1 Å². The van der Waals surface area contributed by atoms with Gasteiger partial charge in [0.25, 0.3) is 5.91 Å². The van der Waals surface area contributed by atoms with E-state index in [9.17, 15) is 4.79 Å². The molecule has 0 saturated heterocycles. The summed E-state index contributed by atoms with van der Waals surface area (Å²) in [5, 5.41) is 2.63. The van der Waals surface area contributed by atoms with Crippen molar-refractivity contribution >= 4 is 17.5 Å². The Balaban J connectivity index is 2.03. The van der Waals surface area contributed by atoms with Crippen molar-refractivity contribution in [2.24, 2.45) is 0 Å². The molecule has 1 amide bonds. The van der Waals surface area contributed by atoms with Gasteiger partial charge in [-0.25, -0.2) is 0 Å². The van der Waals surface area contributed by atoms with Gasteiger partial charge in [-0.1, -0.05) is 29.8 Å². The number of rotatable bonds is 3. The van der Waals surface area contributed by atoms with Gasteiger partial charge in [-0.3, -0.25) is 4.79 Å². The Morgan fingerprint density at radius 3 is 2.56 bits per heavy atom. The number of nitrogens with one attached hydrogen (secondary N) is 1. The lowest BCUT2D eigenvalue weighted by atomic mass is 10.2. The Morgan fingerprint density at radius 2 is 1.94 bits per heavy atom. The van der Waals surface area contributed by atoms with Crippen molar-refractivity contribution in [1.82, 2.24) is 5.32 Å². The molecule has 0 aliphatic heterocycles. The number of carbonyl (C=O) groups is 1. The number of furan rings is 1. The van der Waals surface area contributed by atoms with Gasteiger partial charge in [-0.2, -0.15) is 0 Å². The van der Waals surface area contributed by atoms with E-state index in [2.05, 4.69) is 5.32 Å². The van der Waals surface area contributed by atoms with E-state index in [0.717, 1.165) is 0 Å². The van der Waals surface area contributed by atoms with Gasteiger partial charge in [0.15, 0.2) is 5.50 Å². The minimum absolute atomic E-state index is 0.225. The molecular formula is C12H10ClNO2. The first-order valence-corrected chi connectivity index (χ1v) is 5.24. The first-order valence-electron chi connectivity index (χ1n) is 4.81. The lowest BCUT2D eigenvalue weighted by Crippen LogP contribution is -2.24. The molecule has 0 saturated carbocycles. The molecule has 4 heteroatoms. The maximum absolute atomic E-state index is 11.7. The molecule has 1 unspecified atom stereocenters. The number of hydrogen-bond donors (Lipinski definition) is 1. The van der Waals surface area contributed by atoms with E-state index in [4.69, 9.17) is 16.0 Å². The molecule has 1 atom stereocenters. The van der Waals surface area contributed by atoms with Crippen LogP contribution in [-0.2, 0) is 0 Å². The summed E-state index contributed by atoms with van der Waals surface area (Å²) < 4.78 is 5.09. The highest BCUT2D eigenvalue weighted by atomic mass is 35.5. The Kier molecular flexibility index (Phi) is 3.27. The fourth-order valence-corrected chi connectivity index (χ4v) is 1.52. The molecule has 3 nitrogen and oxygen atoms in total. The van der Waals surface area contributed by atoms with Crippen molar-refractivity contribution in [2.75, 3.05) is 0 Å². The Hall–Kier alpha value is -1.74. The molecule has 0 radical (unpaired) electrons. The van der Waals surface area contributed by atoms with Crippen LogP contribution in [0.2, 0.25) is 0 Å². The van der Waals surface area contributed by atoms with E-state index in [1.165, 1.54) is 6.26 Å².